The molecule has 2 aliphatic rings. The summed E-state index contributed by atoms with van der Waals surface area (Å²) >= 11 is 6.00. The molecule has 3 rings (SSSR count). The van der Waals surface area contributed by atoms with Crippen molar-refractivity contribution in [3.63, 3.8) is 0 Å². The lowest BCUT2D eigenvalue weighted by Gasteiger charge is -2.34. The maximum Gasteiger partial charge on any atom is 0.277 e. The van der Waals surface area contributed by atoms with Gasteiger partial charge in [-0.1, -0.05) is 44.5 Å². The standard InChI is InChI=1S/C18H23ClN2O2/c1-17(2)12-8-9-18(17,3)15(10-12)20-21-16(22)11-23-14-7-5-4-6-13(14)19/h4-7,12H,8-11H2,1-3H3,(H,21,22)/b20-15+. The highest BCUT2D eigenvalue weighted by Gasteiger charge is 2.59. The zero-order chi connectivity index (χ0) is 16.7. The number of nitrogens with zero attached hydrogens (tertiary/aromatic N) is 1. The Morgan fingerprint density at radius 2 is 2.13 bits per heavy atom. The lowest BCUT2D eigenvalue weighted by atomic mass is 9.70. The SMILES string of the molecule is CC12CCC(C/C1=N\NC(=O)COc1ccccc1Cl)C2(C)C. The number of para-hydroxylation sites is 1. The van der Waals surface area contributed by atoms with Crippen molar-refractivity contribution in [2.24, 2.45) is 21.8 Å². The normalized spacial score (nSPS) is 29.7. The average Bonchev–Trinajstić information content (AvgIpc) is 2.85. The van der Waals surface area contributed by atoms with Crippen LogP contribution in [0.2, 0.25) is 5.02 Å². The molecular formula is C18H23ClN2O2. The number of carbonyl (C=O) groups excluding carboxylic acids is 1. The van der Waals surface area contributed by atoms with Gasteiger partial charge in [0, 0.05) is 11.1 Å². The third kappa shape index (κ3) is 2.74. The van der Waals surface area contributed by atoms with Crippen LogP contribution in [0.1, 0.15) is 40.0 Å². The fourth-order valence-corrected chi connectivity index (χ4v) is 4.15. The first-order valence-electron chi connectivity index (χ1n) is 8.08. The molecule has 2 aliphatic carbocycles. The predicted molar refractivity (Wildman–Crippen MR) is 91.8 cm³/mol. The van der Waals surface area contributed by atoms with E-state index in [1.54, 1.807) is 12.1 Å². The van der Waals surface area contributed by atoms with Gasteiger partial charge in [0.05, 0.1) is 5.02 Å². The van der Waals surface area contributed by atoms with E-state index in [0.717, 1.165) is 18.6 Å². The monoisotopic (exact) mass is 334 g/mol. The number of hydrogen-bond donors (Lipinski definition) is 1. The smallest absolute Gasteiger partial charge is 0.277 e. The van der Waals surface area contributed by atoms with Crippen LogP contribution in [0.15, 0.2) is 29.4 Å². The molecule has 2 unspecified atom stereocenters. The van der Waals surface area contributed by atoms with Crippen LogP contribution in [0, 0.1) is 16.7 Å². The molecule has 124 valence electrons. The Bertz CT molecular complexity index is 656. The van der Waals surface area contributed by atoms with E-state index in [0.29, 0.717) is 16.7 Å². The van der Waals surface area contributed by atoms with E-state index in [1.807, 2.05) is 12.1 Å². The first-order valence-corrected chi connectivity index (χ1v) is 8.45. The summed E-state index contributed by atoms with van der Waals surface area (Å²) in [7, 11) is 0. The Kier molecular flexibility index (Phi) is 4.13. The molecule has 0 heterocycles. The van der Waals surface area contributed by atoms with Crippen molar-refractivity contribution >= 4 is 23.2 Å². The minimum atomic E-state index is -0.262. The Hall–Kier alpha value is -1.55. The lowest BCUT2D eigenvalue weighted by molar-refractivity contribution is -0.123. The summed E-state index contributed by atoms with van der Waals surface area (Å²) < 4.78 is 5.43. The van der Waals surface area contributed by atoms with Gasteiger partial charge in [0.25, 0.3) is 5.91 Å². The number of nitrogens with one attached hydrogen (secondary N) is 1. The summed E-state index contributed by atoms with van der Waals surface area (Å²) in [5, 5.41) is 4.91. The molecular weight excluding hydrogens is 312 g/mol. The van der Waals surface area contributed by atoms with Gasteiger partial charge in [0.2, 0.25) is 0 Å². The molecule has 1 aromatic rings. The zero-order valence-electron chi connectivity index (χ0n) is 13.9. The van der Waals surface area contributed by atoms with Crippen LogP contribution >= 0.6 is 11.6 Å². The van der Waals surface area contributed by atoms with E-state index >= 15 is 0 Å². The van der Waals surface area contributed by atoms with Crippen LogP contribution in [-0.4, -0.2) is 18.2 Å². The van der Waals surface area contributed by atoms with Crippen LogP contribution in [-0.2, 0) is 4.79 Å². The summed E-state index contributed by atoms with van der Waals surface area (Å²) in [6, 6.07) is 7.10. The van der Waals surface area contributed by atoms with Crippen LogP contribution in [0.4, 0.5) is 0 Å². The van der Waals surface area contributed by atoms with Crippen molar-refractivity contribution < 1.29 is 9.53 Å². The van der Waals surface area contributed by atoms with E-state index in [1.165, 1.54) is 6.42 Å². The molecule has 2 fully saturated rings. The highest BCUT2D eigenvalue weighted by Crippen LogP contribution is 2.63. The van der Waals surface area contributed by atoms with Crippen LogP contribution < -0.4 is 10.2 Å². The second-order valence-corrected chi connectivity index (χ2v) is 7.71. The molecule has 2 bridgehead atoms. The number of fused-ring (bicyclic) bond motifs is 2. The summed E-state index contributed by atoms with van der Waals surface area (Å²) in [5.41, 5.74) is 4.11. The van der Waals surface area contributed by atoms with Gasteiger partial charge < -0.3 is 4.74 Å². The minimum absolute atomic E-state index is 0.0918. The Morgan fingerprint density at radius 3 is 2.74 bits per heavy atom. The number of amides is 1. The third-order valence-corrected chi connectivity index (χ3v) is 6.34. The van der Waals surface area contributed by atoms with E-state index in [2.05, 4.69) is 31.3 Å². The Balaban J connectivity index is 1.59. The Morgan fingerprint density at radius 1 is 1.39 bits per heavy atom. The van der Waals surface area contributed by atoms with Gasteiger partial charge >= 0.3 is 0 Å². The predicted octanol–water partition coefficient (Wildman–Crippen LogP) is 4.04. The quantitative estimate of drug-likeness (QED) is 0.845. The number of halogens is 1. The molecule has 0 aliphatic heterocycles. The summed E-state index contributed by atoms with van der Waals surface area (Å²) in [5.74, 6) is 0.911. The molecule has 1 aromatic carbocycles. The molecule has 1 N–H and O–H groups in total. The number of hydrogen-bond acceptors (Lipinski definition) is 3. The van der Waals surface area contributed by atoms with Crippen molar-refractivity contribution in [1.82, 2.24) is 5.43 Å². The number of hydrazone groups is 1. The van der Waals surface area contributed by atoms with Crippen molar-refractivity contribution in [2.45, 2.75) is 40.0 Å². The van der Waals surface area contributed by atoms with Gasteiger partial charge in [-0.2, -0.15) is 5.10 Å². The molecule has 5 heteroatoms. The van der Waals surface area contributed by atoms with E-state index in [-0.39, 0.29) is 23.3 Å². The number of benzene rings is 1. The van der Waals surface area contributed by atoms with E-state index in [9.17, 15) is 4.79 Å². The summed E-state index contributed by atoms with van der Waals surface area (Å²) in [4.78, 5) is 12.0. The molecule has 0 aromatic heterocycles. The van der Waals surface area contributed by atoms with Gasteiger partial charge in [-0.05, 0) is 42.7 Å². The van der Waals surface area contributed by atoms with E-state index < -0.39 is 0 Å². The first-order chi connectivity index (χ1) is 10.8. The molecule has 4 nitrogen and oxygen atoms in total. The topological polar surface area (TPSA) is 50.7 Å². The highest BCUT2D eigenvalue weighted by molar-refractivity contribution is 6.32. The van der Waals surface area contributed by atoms with Crippen molar-refractivity contribution in [3.05, 3.63) is 29.3 Å². The van der Waals surface area contributed by atoms with Gasteiger partial charge in [-0.15, -0.1) is 0 Å². The van der Waals surface area contributed by atoms with Gasteiger partial charge in [-0.25, -0.2) is 5.43 Å². The lowest BCUT2D eigenvalue weighted by Crippen LogP contribution is -2.35. The van der Waals surface area contributed by atoms with Crippen LogP contribution in [0.3, 0.4) is 0 Å². The highest BCUT2D eigenvalue weighted by atomic mass is 35.5. The maximum absolute atomic E-state index is 12.0. The maximum atomic E-state index is 12.0. The number of carbonyl (C=O) groups is 1. The zero-order valence-corrected chi connectivity index (χ0v) is 14.6. The average molecular weight is 335 g/mol. The summed E-state index contributed by atoms with van der Waals surface area (Å²) in [6.45, 7) is 6.81. The summed E-state index contributed by atoms with van der Waals surface area (Å²) in [6.07, 6.45) is 3.39. The molecule has 23 heavy (non-hydrogen) atoms. The fourth-order valence-electron chi connectivity index (χ4n) is 3.96. The molecule has 1 amide bonds. The Labute approximate surface area is 142 Å². The van der Waals surface area contributed by atoms with Crippen molar-refractivity contribution in [1.29, 1.82) is 0 Å². The fraction of sp³-hybridized carbons (Fsp3) is 0.556. The number of rotatable bonds is 4. The second kappa shape index (κ2) is 5.82. The van der Waals surface area contributed by atoms with Gasteiger partial charge in [0.1, 0.15) is 5.75 Å². The largest absolute Gasteiger partial charge is 0.482 e. The number of ether oxygens (including phenoxy) is 1. The molecule has 0 saturated heterocycles. The van der Waals surface area contributed by atoms with Crippen LogP contribution in [0.25, 0.3) is 0 Å². The van der Waals surface area contributed by atoms with E-state index in [4.69, 9.17) is 16.3 Å². The molecule has 2 saturated carbocycles. The molecule has 0 radical (unpaired) electrons. The van der Waals surface area contributed by atoms with Crippen molar-refractivity contribution in [3.8, 4) is 5.75 Å². The molecule has 0 spiro atoms. The van der Waals surface area contributed by atoms with Gasteiger partial charge in [0.15, 0.2) is 6.61 Å². The van der Waals surface area contributed by atoms with Crippen LogP contribution in [0.5, 0.6) is 5.75 Å². The van der Waals surface area contributed by atoms with Gasteiger partial charge in [-0.3, -0.25) is 4.79 Å². The first kappa shape index (κ1) is 16.3. The minimum Gasteiger partial charge on any atom is -0.482 e. The van der Waals surface area contributed by atoms with Crippen molar-refractivity contribution in [2.75, 3.05) is 6.61 Å². The third-order valence-electron chi connectivity index (χ3n) is 6.02. The second-order valence-electron chi connectivity index (χ2n) is 7.31. The molecule has 2 atom stereocenters.